The Morgan fingerprint density at radius 1 is 1.06 bits per heavy atom. The Labute approximate surface area is 192 Å². The molecule has 0 fully saturated rings. The second kappa shape index (κ2) is 9.46. The van der Waals surface area contributed by atoms with Crippen molar-refractivity contribution in [3.8, 4) is 10.6 Å². The lowest BCUT2D eigenvalue weighted by Crippen LogP contribution is -2.32. The largest absolute Gasteiger partial charge is 0.332 e. The minimum Gasteiger partial charge on any atom is -0.332 e. The van der Waals surface area contributed by atoms with Gasteiger partial charge in [-0.1, -0.05) is 24.3 Å². The molecule has 0 saturated carbocycles. The number of fused-ring (bicyclic) bond motifs is 1. The molecular weight excluding hydrogens is 444 g/mol. The van der Waals surface area contributed by atoms with E-state index in [9.17, 15) is 14.9 Å². The first-order chi connectivity index (χ1) is 15.5. The van der Waals surface area contributed by atoms with Gasteiger partial charge in [-0.15, -0.1) is 11.3 Å². The van der Waals surface area contributed by atoms with Crippen LogP contribution in [0.2, 0.25) is 0 Å². The maximum Gasteiger partial charge on any atom is 0.270 e. The number of para-hydroxylation sites is 1. The second-order valence-corrected chi connectivity index (χ2v) is 8.13. The minimum absolute atomic E-state index is 0.0426. The lowest BCUT2D eigenvalue weighted by Gasteiger charge is -2.08. The highest BCUT2D eigenvalue weighted by molar-refractivity contribution is 7.80. The average Bonchev–Trinajstić information content (AvgIpc) is 3.22. The fraction of sp³-hybridized carbons (Fsp3) is 0. The van der Waals surface area contributed by atoms with Gasteiger partial charge in [0.05, 0.1) is 15.1 Å². The van der Waals surface area contributed by atoms with E-state index in [-0.39, 0.29) is 10.8 Å². The van der Waals surface area contributed by atoms with Gasteiger partial charge in [0.15, 0.2) is 5.11 Å². The van der Waals surface area contributed by atoms with Gasteiger partial charge in [0.25, 0.3) is 5.69 Å². The van der Waals surface area contributed by atoms with Gasteiger partial charge in [0, 0.05) is 29.5 Å². The summed E-state index contributed by atoms with van der Waals surface area (Å²) in [5.41, 5.74) is 3.18. The number of rotatable bonds is 5. The van der Waals surface area contributed by atoms with Crippen LogP contribution in [0.1, 0.15) is 5.56 Å². The molecule has 158 valence electrons. The van der Waals surface area contributed by atoms with Crippen molar-refractivity contribution in [2.45, 2.75) is 0 Å². The lowest BCUT2D eigenvalue weighted by atomic mass is 10.2. The molecule has 4 rings (SSSR count). The SMILES string of the molecule is O=C(/C=C/c1cccc([N+](=O)[O-])c1)NC(=S)Nc1ccc(-c2nc3ccccc3s2)cc1. The number of benzene rings is 3. The molecule has 0 unspecified atom stereocenters. The molecule has 0 radical (unpaired) electrons. The number of anilines is 1. The highest BCUT2D eigenvalue weighted by atomic mass is 32.1. The van der Waals surface area contributed by atoms with E-state index in [4.69, 9.17) is 12.2 Å². The predicted molar refractivity (Wildman–Crippen MR) is 132 cm³/mol. The van der Waals surface area contributed by atoms with Gasteiger partial charge in [0.1, 0.15) is 5.01 Å². The third-order valence-corrected chi connectivity index (χ3v) is 5.72. The topological polar surface area (TPSA) is 97.2 Å². The van der Waals surface area contributed by atoms with Crippen LogP contribution in [0.5, 0.6) is 0 Å². The number of nitro groups is 1. The van der Waals surface area contributed by atoms with Gasteiger partial charge in [0.2, 0.25) is 5.91 Å². The second-order valence-electron chi connectivity index (χ2n) is 6.69. The quantitative estimate of drug-likeness (QED) is 0.179. The van der Waals surface area contributed by atoms with Crippen LogP contribution in [-0.2, 0) is 4.79 Å². The van der Waals surface area contributed by atoms with Crippen molar-refractivity contribution in [3.63, 3.8) is 0 Å². The molecule has 0 aliphatic heterocycles. The van der Waals surface area contributed by atoms with Crippen LogP contribution >= 0.6 is 23.6 Å². The maximum atomic E-state index is 12.1. The number of amides is 1. The van der Waals surface area contributed by atoms with Gasteiger partial charge in [-0.05, 0) is 60.3 Å². The molecule has 4 aromatic rings. The summed E-state index contributed by atoms with van der Waals surface area (Å²) in [5.74, 6) is -0.444. The van der Waals surface area contributed by atoms with E-state index in [0.717, 1.165) is 26.5 Å². The van der Waals surface area contributed by atoms with Gasteiger partial charge >= 0.3 is 0 Å². The van der Waals surface area contributed by atoms with Crippen molar-refractivity contribution in [1.82, 2.24) is 10.3 Å². The number of thiazole rings is 1. The van der Waals surface area contributed by atoms with Crippen molar-refractivity contribution < 1.29 is 9.72 Å². The molecule has 2 N–H and O–H groups in total. The Balaban J connectivity index is 1.35. The Hall–Kier alpha value is -3.95. The number of carbonyl (C=O) groups is 1. The summed E-state index contributed by atoms with van der Waals surface area (Å²) in [6.45, 7) is 0. The van der Waals surface area contributed by atoms with E-state index in [1.54, 1.807) is 23.5 Å². The van der Waals surface area contributed by atoms with Crippen molar-refractivity contribution in [3.05, 3.63) is 94.6 Å². The summed E-state index contributed by atoms with van der Waals surface area (Å²) in [6.07, 6.45) is 2.75. The Morgan fingerprint density at radius 2 is 1.84 bits per heavy atom. The molecule has 0 atom stereocenters. The fourth-order valence-electron chi connectivity index (χ4n) is 2.92. The van der Waals surface area contributed by atoms with Gasteiger partial charge < -0.3 is 5.32 Å². The van der Waals surface area contributed by atoms with E-state index in [2.05, 4.69) is 15.6 Å². The smallest absolute Gasteiger partial charge is 0.270 e. The molecule has 0 saturated heterocycles. The molecule has 3 aromatic carbocycles. The van der Waals surface area contributed by atoms with Gasteiger partial charge in [-0.2, -0.15) is 0 Å². The van der Waals surface area contributed by atoms with Crippen molar-refractivity contribution in [2.24, 2.45) is 0 Å². The molecule has 1 aromatic heterocycles. The van der Waals surface area contributed by atoms with E-state index in [0.29, 0.717) is 5.56 Å². The Kier molecular flexibility index (Phi) is 6.29. The monoisotopic (exact) mass is 460 g/mol. The first-order valence-electron chi connectivity index (χ1n) is 9.48. The Morgan fingerprint density at radius 3 is 2.59 bits per heavy atom. The van der Waals surface area contributed by atoms with Crippen LogP contribution in [0.3, 0.4) is 0 Å². The summed E-state index contributed by atoms with van der Waals surface area (Å²) in [5, 5.41) is 17.4. The molecule has 9 heteroatoms. The summed E-state index contributed by atoms with van der Waals surface area (Å²) in [7, 11) is 0. The normalized spacial score (nSPS) is 10.9. The zero-order valence-electron chi connectivity index (χ0n) is 16.5. The van der Waals surface area contributed by atoms with Crippen LogP contribution in [0.25, 0.3) is 26.9 Å². The zero-order chi connectivity index (χ0) is 22.5. The number of carbonyl (C=O) groups excluding carboxylic acids is 1. The first kappa shape index (κ1) is 21.3. The van der Waals surface area contributed by atoms with Crippen LogP contribution in [0, 0.1) is 10.1 Å². The molecule has 1 heterocycles. The van der Waals surface area contributed by atoms with Crippen LogP contribution in [-0.4, -0.2) is 20.9 Å². The molecular formula is C23H16N4O3S2. The lowest BCUT2D eigenvalue weighted by molar-refractivity contribution is -0.384. The molecule has 7 nitrogen and oxygen atoms in total. The number of aromatic nitrogens is 1. The Bertz CT molecular complexity index is 1310. The molecule has 0 aliphatic carbocycles. The zero-order valence-corrected chi connectivity index (χ0v) is 18.2. The van der Waals surface area contributed by atoms with E-state index in [1.807, 2.05) is 48.5 Å². The van der Waals surface area contributed by atoms with Crippen molar-refractivity contribution in [2.75, 3.05) is 5.32 Å². The number of hydrogen-bond donors (Lipinski definition) is 2. The first-order valence-corrected chi connectivity index (χ1v) is 10.7. The van der Waals surface area contributed by atoms with Gasteiger partial charge in [-0.3, -0.25) is 20.2 Å². The summed E-state index contributed by atoms with van der Waals surface area (Å²) in [6, 6.07) is 21.6. The number of nitrogens with zero attached hydrogens (tertiary/aromatic N) is 2. The highest BCUT2D eigenvalue weighted by Crippen LogP contribution is 2.30. The van der Waals surface area contributed by atoms with Crippen molar-refractivity contribution >= 4 is 62.2 Å². The van der Waals surface area contributed by atoms with Gasteiger partial charge in [-0.25, -0.2) is 4.98 Å². The molecule has 0 spiro atoms. The maximum absolute atomic E-state index is 12.1. The van der Waals surface area contributed by atoms with Crippen LogP contribution in [0.15, 0.2) is 78.9 Å². The summed E-state index contributed by atoms with van der Waals surface area (Å²) < 4.78 is 1.13. The number of hydrogen-bond acceptors (Lipinski definition) is 6. The summed E-state index contributed by atoms with van der Waals surface area (Å²) >= 11 is 6.82. The highest BCUT2D eigenvalue weighted by Gasteiger charge is 2.07. The number of nitro benzene ring substituents is 1. The van der Waals surface area contributed by atoms with Crippen LogP contribution < -0.4 is 10.6 Å². The third-order valence-electron chi connectivity index (χ3n) is 4.43. The van der Waals surface area contributed by atoms with Crippen molar-refractivity contribution in [1.29, 1.82) is 0 Å². The molecule has 0 bridgehead atoms. The molecule has 0 aliphatic rings. The molecule has 1 amide bonds. The number of thiocarbonyl (C=S) groups is 1. The summed E-state index contributed by atoms with van der Waals surface area (Å²) in [4.78, 5) is 27.1. The average molecular weight is 461 g/mol. The number of non-ortho nitro benzene ring substituents is 1. The fourth-order valence-corrected chi connectivity index (χ4v) is 4.11. The van der Waals surface area contributed by atoms with E-state index in [1.165, 1.54) is 24.3 Å². The third kappa shape index (κ3) is 5.20. The molecule has 32 heavy (non-hydrogen) atoms. The van der Waals surface area contributed by atoms with Crippen LogP contribution in [0.4, 0.5) is 11.4 Å². The number of nitrogens with one attached hydrogen (secondary N) is 2. The van der Waals surface area contributed by atoms with E-state index < -0.39 is 10.8 Å². The standard InChI is InChI=1S/C23H16N4O3S2/c28-21(13-8-15-4-3-5-18(14-15)27(29)30)26-23(31)24-17-11-9-16(10-12-17)22-25-19-6-1-2-7-20(19)32-22/h1-14H,(H2,24,26,28,31)/b13-8+. The van der Waals surface area contributed by atoms with E-state index >= 15 is 0 Å². The predicted octanol–water partition coefficient (Wildman–Crippen LogP) is 5.40. The minimum atomic E-state index is -0.488.